The van der Waals surface area contributed by atoms with Crippen LogP contribution >= 0.6 is 0 Å². The molecule has 4 nitrogen and oxygen atoms in total. The van der Waals surface area contributed by atoms with Crippen molar-refractivity contribution in [1.29, 1.82) is 0 Å². The van der Waals surface area contributed by atoms with E-state index in [-0.39, 0.29) is 11.9 Å². The summed E-state index contributed by atoms with van der Waals surface area (Å²) in [5.74, 6) is 0.697. The second kappa shape index (κ2) is 6.48. The minimum absolute atomic E-state index is 0.0424. The number of aromatic nitrogens is 1. The summed E-state index contributed by atoms with van der Waals surface area (Å²) in [5, 5.41) is 0. The lowest BCUT2D eigenvalue weighted by Gasteiger charge is -2.25. The van der Waals surface area contributed by atoms with Crippen molar-refractivity contribution in [2.45, 2.75) is 13.0 Å². The Morgan fingerprint density at radius 1 is 1.17 bits per heavy atom. The lowest BCUT2D eigenvalue weighted by molar-refractivity contribution is -0.127. The van der Waals surface area contributed by atoms with Crippen molar-refractivity contribution in [2.24, 2.45) is 0 Å². The highest BCUT2D eigenvalue weighted by Crippen LogP contribution is 2.26. The van der Waals surface area contributed by atoms with Crippen LogP contribution in [0.25, 0.3) is 6.08 Å². The molecule has 1 aliphatic heterocycles. The van der Waals surface area contributed by atoms with Crippen molar-refractivity contribution in [1.82, 2.24) is 9.88 Å². The van der Waals surface area contributed by atoms with Crippen molar-refractivity contribution in [3.05, 3.63) is 77.8 Å². The van der Waals surface area contributed by atoms with E-state index >= 15 is 0 Å². The maximum Gasteiger partial charge on any atom is 0.254 e. The highest BCUT2D eigenvalue weighted by atomic mass is 16.5. The van der Waals surface area contributed by atoms with E-state index in [0.29, 0.717) is 5.57 Å². The Bertz CT molecular complexity index is 766. The molecule has 0 saturated carbocycles. The lowest BCUT2D eigenvalue weighted by Crippen LogP contribution is -2.30. The van der Waals surface area contributed by atoms with E-state index in [2.05, 4.69) is 4.98 Å². The summed E-state index contributed by atoms with van der Waals surface area (Å²) in [6, 6.07) is 11.4. The third-order valence-corrected chi connectivity index (χ3v) is 4.01. The van der Waals surface area contributed by atoms with Gasteiger partial charge in [-0.15, -0.1) is 0 Å². The van der Waals surface area contributed by atoms with Crippen LogP contribution in [0.1, 0.15) is 24.1 Å². The topological polar surface area (TPSA) is 42.4 Å². The second-order valence-electron chi connectivity index (χ2n) is 5.43. The van der Waals surface area contributed by atoms with E-state index in [0.717, 1.165) is 16.9 Å². The molecule has 1 aromatic carbocycles. The van der Waals surface area contributed by atoms with Gasteiger partial charge in [0.1, 0.15) is 5.75 Å². The summed E-state index contributed by atoms with van der Waals surface area (Å²) >= 11 is 0. The van der Waals surface area contributed by atoms with Gasteiger partial charge in [-0.25, -0.2) is 0 Å². The van der Waals surface area contributed by atoms with Gasteiger partial charge in [0.05, 0.1) is 12.3 Å². The first-order valence-corrected chi connectivity index (χ1v) is 7.48. The summed E-state index contributed by atoms with van der Waals surface area (Å²) in [4.78, 5) is 18.5. The number of rotatable bonds is 3. The van der Waals surface area contributed by atoms with Gasteiger partial charge in [-0.3, -0.25) is 9.78 Å². The number of ether oxygens (including phenoxy) is 1. The van der Waals surface area contributed by atoms with Crippen LogP contribution in [0.2, 0.25) is 0 Å². The highest BCUT2D eigenvalue weighted by molar-refractivity contribution is 6.01. The van der Waals surface area contributed by atoms with E-state index in [1.54, 1.807) is 36.7 Å². The zero-order chi connectivity index (χ0) is 16.2. The van der Waals surface area contributed by atoms with Crippen LogP contribution < -0.4 is 4.74 Å². The van der Waals surface area contributed by atoms with Gasteiger partial charge in [0.2, 0.25) is 0 Å². The summed E-state index contributed by atoms with van der Waals surface area (Å²) in [7, 11) is 1.81. The van der Waals surface area contributed by atoms with Crippen LogP contribution in [-0.4, -0.2) is 22.8 Å². The molecular weight excluding hydrogens is 288 g/mol. The summed E-state index contributed by atoms with van der Waals surface area (Å²) in [6.45, 7) is 2.00. The number of hydrogen-bond donors (Lipinski definition) is 0. The molecule has 2 aromatic rings. The van der Waals surface area contributed by atoms with E-state index in [4.69, 9.17) is 4.74 Å². The van der Waals surface area contributed by atoms with Crippen LogP contribution in [0.3, 0.4) is 0 Å². The quantitative estimate of drug-likeness (QED) is 0.870. The Hall–Kier alpha value is -2.88. The number of carbonyl (C=O) groups is 1. The van der Waals surface area contributed by atoms with Crippen molar-refractivity contribution in [3.63, 3.8) is 0 Å². The Kier molecular flexibility index (Phi) is 4.24. The predicted molar refractivity (Wildman–Crippen MR) is 89.6 cm³/mol. The predicted octanol–water partition coefficient (Wildman–Crippen LogP) is 3.59. The molecule has 1 aliphatic rings. The van der Waals surface area contributed by atoms with Gasteiger partial charge >= 0.3 is 0 Å². The first-order valence-electron chi connectivity index (χ1n) is 7.48. The zero-order valence-corrected chi connectivity index (χ0v) is 13.1. The molecule has 4 heteroatoms. The van der Waals surface area contributed by atoms with Gasteiger partial charge in [0.25, 0.3) is 5.91 Å². The molecule has 0 N–H and O–H groups in total. The highest BCUT2D eigenvalue weighted by Gasteiger charge is 2.20. The molecule has 0 fully saturated rings. The number of para-hydroxylation sites is 1. The van der Waals surface area contributed by atoms with E-state index in [9.17, 15) is 4.79 Å². The van der Waals surface area contributed by atoms with Crippen LogP contribution in [0.15, 0.2) is 66.7 Å². The molecule has 2 heterocycles. The number of amides is 1. The molecule has 1 atom stereocenters. The second-order valence-corrected chi connectivity index (χ2v) is 5.43. The van der Waals surface area contributed by atoms with Crippen molar-refractivity contribution in [2.75, 3.05) is 7.05 Å². The average Bonchev–Trinajstić information content (AvgIpc) is 2.83. The Labute approximate surface area is 135 Å². The fourth-order valence-electron chi connectivity index (χ4n) is 2.48. The Morgan fingerprint density at radius 2 is 1.91 bits per heavy atom. The molecule has 116 valence electrons. The van der Waals surface area contributed by atoms with Crippen molar-refractivity contribution in [3.8, 4) is 5.75 Å². The third kappa shape index (κ3) is 3.16. The standard InChI is InChI=1S/C19H18N2O2/c1-14(15-7-10-20-11-8-15)21(2)19(22)17-9-12-23-18-6-4-3-5-16(18)13-17/h3-14H,1-2H3/t14-/m0/s1. The minimum Gasteiger partial charge on any atom is -0.464 e. The number of nitrogens with zero attached hydrogens (tertiary/aromatic N) is 2. The van der Waals surface area contributed by atoms with Gasteiger partial charge in [-0.2, -0.15) is 0 Å². The maximum absolute atomic E-state index is 12.8. The SMILES string of the molecule is C[C@@H](c1ccncc1)N(C)C(=O)C1=Cc2ccccc2OC=C1. The number of likely N-dealkylation sites (N-methyl/N-ethyl adjacent to an activating group) is 1. The molecule has 0 unspecified atom stereocenters. The fraction of sp³-hybridized carbons (Fsp3) is 0.158. The van der Waals surface area contributed by atoms with Gasteiger partial charge in [-0.05, 0) is 42.8 Å². The van der Waals surface area contributed by atoms with Gasteiger partial charge in [0.15, 0.2) is 0 Å². The number of fused-ring (bicyclic) bond motifs is 1. The largest absolute Gasteiger partial charge is 0.464 e. The van der Waals surface area contributed by atoms with Gasteiger partial charge in [0, 0.05) is 30.6 Å². The molecule has 0 radical (unpaired) electrons. The summed E-state index contributed by atoms with van der Waals surface area (Å²) in [5.41, 5.74) is 2.54. The van der Waals surface area contributed by atoms with Gasteiger partial charge < -0.3 is 9.64 Å². The van der Waals surface area contributed by atoms with Crippen LogP contribution in [0.4, 0.5) is 0 Å². The third-order valence-electron chi connectivity index (χ3n) is 4.01. The van der Waals surface area contributed by atoms with Crippen LogP contribution in [0, 0.1) is 0 Å². The first-order chi connectivity index (χ1) is 11.2. The minimum atomic E-state index is -0.0501. The van der Waals surface area contributed by atoms with Crippen molar-refractivity contribution >= 4 is 12.0 Å². The average molecular weight is 306 g/mol. The molecule has 0 bridgehead atoms. The molecule has 0 aliphatic carbocycles. The molecule has 0 spiro atoms. The molecule has 1 aromatic heterocycles. The number of pyridine rings is 1. The Balaban J connectivity index is 1.86. The van der Waals surface area contributed by atoms with Crippen LogP contribution in [-0.2, 0) is 4.79 Å². The number of benzene rings is 1. The van der Waals surface area contributed by atoms with Crippen LogP contribution in [0.5, 0.6) is 5.75 Å². The Morgan fingerprint density at radius 3 is 2.70 bits per heavy atom. The molecule has 3 rings (SSSR count). The smallest absolute Gasteiger partial charge is 0.254 e. The zero-order valence-electron chi connectivity index (χ0n) is 13.1. The fourth-order valence-corrected chi connectivity index (χ4v) is 2.48. The van der Waals surface area contributed by atoms with E-state index in [1.165, 1.54) is 0 Å². The molecule has 0 saturated heterocycles. The first kappa shape index (κ1) is 15.0. The summed E-state index contributed by atoms with van der Waals surface area (Å²) in [6.07, 6.45) is 8.59. The number of hydrogen-bond acceptors (Lipinski definition) is 3. The normalized spacial score (nSPS) is 14.1. The monoisotopic (exact) mass is 306 g/mol. The van der Waals surface area contributed by atoms with E-state index < -0.39 is 0 Å². The van der Waals surface area contributed by atoms with Gasteiger partial charge in [-0.1, -0.05) is 18.2 Å². The summed E-state index contributed by atoms with van der Waals surface area (Å²) < 4.78 is 5.54. The van der Waals surface area contributed by atoms with E-state index in [1.807, 2.05) is 49.4 Å². The molecular formula is C19H18N2O2. The lowest BCUT2D eigenvalue weighted by atomic mass is 10.1. The molecule has 1 amide bonds. The maximum atomic E-state index is 12.8. The molecule has 23 heavy (non-hydrogen) atoms. The number of carbonyl (C=O) groups excluding carboxylic acids is 1. The van der Waals surface area contributed by atoms with Crippen molar-refractivity contribution < 1.29 is 9.53 Å².